The van der Waals surface area contributed by atoms with Gasteiger partial charge in [0.1, 0.15) is 0 Å². The first-order valence-electron chi connectivity index (χ1n) is 6.93. The van der Waals surface area contributed by atoms with Crippen LogP contribution in [-0.4, -0.2) is 7.25 Å². The molecule has 0 spiro atoms. The Morgan fingerprint density at radius 2 is 1.61 bits per heavy atom. The first-order valence-corrected chi connectivity index (χ1v) is 8.15. The number of unbranched alkanes of at least 4 members (excludes halogenated alkanes) is 1. The molecule has 1 atom stereocenters. The fourth-order valence-corrected chi connectivity index (χ4v) is 4.12. The molecule has 0 N–H and O–H groups in total. The number of hydrogen-bond donors (Lipinski definition) is 0. The Hall–Kier alpha value is -1.25. The van der Waals surface area contributed by atoms with E-state index in [-0.39, 0.29) is 0 Å². The third-order valence-corrected chi connectivity index (χ3v) is 5.09. The Balaban J connectivity index is 0.000000463. The number of hydrogen-bond acceptors (Lipinski definition) is 0. The van der Waals surface area contributed by atoms with Crippen LogP contribution in [0.1, 0.15) is 30.2 Å². The highest BCUT2D eigenvalue weighted by Crippen LogP contribution is 2.51. The van der Waals surface area contributed by atoms with E-state index in [0.29, 0.717) is 16.0 Å². The maximum absolute atomic E-state index is 13.2. The molecule has 0 fully saturated rings. The summed E-state index contributed by atoms with van der Waals surface area (Å²) in [4.78, 5) is 0.546. The number of fused-ring (bicyclic) bond motifs is 1. The monoisotopic (exact) mass is 360 g/mol. The number of thiophene rings is 1. The summed E-state index contributed by atoms with van der Waals surface area (Å²) >= 11 is 0. The molecule has 0 bridgehead atoms. The van der Waals surface area contributed by atoms with Crippen LogP contribution in [0.25, 0.3) is 10.1 Å². The molecule has 1 aromatic carbocycles. The van der Waals surface area contributed by atoms with Crippen LogP contribution in [0.5, 0.6) is 0 Å². The molecule has 0 saturated carbocycles. The van der Waals surface area contributed by atoms with Crippen molar-refractivity contribution < 1.29 is 30.4 Å². The van der Waals surface area contributed by atoms with Gasteiger partial charge in [-0.3, -0.25) is 0 Å². The first kappa shape index (κ1) is 19.8. The standard InChI is InChI=1S/C14H16F3S.BF4/c1-3-4-5-12-9-11-8-10(2)6-7-13(11)18(12)14(15,16)17;2-1(3,4)5/h6-9H,3-5H2,1-2H3;/q+1;-1. The summed E-state index contributed by atoms with van der Waals surface area (Å²) in [5.41, 5.74) is -3.15. The van der Waals surface area contributed by atoms with Gasteiger partial charge in [0.15, 0.2) is 9.58 Å². The smallest absolute Gasteiger partial charge is 0.418 e. The van der Waals surface area contributed by atoms with E-state index in [4.69, 9.17) is 0 Å². The molecule has 1 unspecified atom stereocenters. The second-order valence-electron chi connectivity index (χ2n) is 5.00. The third-order valence-electron chi connectivity index (χ3n) is 2.97. The van der Waals surface area contributed by atoms with Gasteiger partial charge in [-0.15, -0.1) is 13.2 Å². The molecule has 0 aliphatic heterocycles. The van der Waals surface area contributed by atoms with E-state index in [9.17, 15) is 30.4 Å². The molecule has 0 amide bonds. The maximum atomic E-state index is 13.2. The SMILES string of the molecule is CCCCc1cc2cc(C)ccc2[s+]1C(F)(F)F.F[B-](F)(F)F. The van der Waals surface area contributed by atoms with Crippen LogP contribution in [0.2, 0.25) is 0 Å². The molecule has 1 aromatic heterocycles. The topological polar surface area (TPSA) is 0 Å². The van der Waals surface area contributed by atoms with Crippen molar-refractivity contribution >= 4 is 27.8 Å². The van der Waals surface area contributed by atoms with Gasteiger partial charge < -0.3 is 17.3 Å². The Labute approximate surface area is 132 Å². The van der Waals surface area contributed by atoms with E-state index >= 15 is 0 Å². The lowest BCUT2D eigenvalue weighted by Gasteiger charge is -1.99. The second-order valence-corrected chi connectivity index (χ2v) is 7.04. The minimum absolute atomic E-state index is 0.444. The normalized spacial score (nSPS) is 13.0. The van der Waals surface area contributed by atoms with Crippen molar-refractivity contribution in [2.45, 2.75) is 38.6 Å². The van der Waals surface area contributed by atoms with Crippen LogP contribution < -0.4 is 0 Å². The van der Waals surface area contributed by atoms with Crippen molar-refractivity contribution in [3.8, 4) is 0 Å². The molecule has 2 rings (SSSR count). The van der Waals surface area contributed by atoms with Crippen molar-refractivity contribution in [3.63, 3.8) is 0 Å². The highest BCUT2D eigenvalue weighted by molar-refractivity contribution is 7.38. The highest BCUT2D eigenvalue weighted by Gasteiger charge is 2.47. The molecule has 1 heterocycles. The number of alkyl halides is 3. The van der Waals surface area contributed by atoms with Crippen molar-refractivity contribution in [1.82, 2.24) is 0 Å². The summed E-state index contributed by atoms with van der Waals surface area (Å²) in [6, 6.07) is 6.99. The van der Waals surface area contributed by atoms with Gasteiger partial charge in [0.05, 0.1) is 10.5 Å². The van der Waals surface area contributed by atoms with Gasteiger partial charge in [-0.25, -0.2) is 0 Å². The average Bonchev–Trinajstić information content (AvgIpc) is 2.71. The molecule has 0 nitrogen and oxygen atoms in total. The van der Waals surface area contributed by atoms with E-state index < -0.39 is 23.2 Å². The fourth-order valence-electron chi connectivity index (χ4n) is 2.14. The number of rotatable bonds is 3. The zero-order chi connectivity index (χ0) is 17.8. The largest absolute Gasteiger partial charge is 0.673 e. The van der Waals surface area contributed by atoms with Gasteiger partial charge in [-0.05, 0) is 25.5 Å². The molecule has 0 aliphatic rings. The van der Waals surface area contributed by atoms with Crippen molar-refractivity contribution in [2.75, 3.05) is 0 Å². The summed E-state index contributed by atoms with van der Waals surface area (Å²) in [5, 5.41) is 0.752. The Bertz CT molecular complexity index is 637. The highest BCUT2D eigenvalue weighted by atomic mass is 32.2. The van der Waals surface area contributed by atoms with Gasteiger partial charge in [0.2, 0.25) is 0 Å². The van der Waals surface area contributed by atoms with Crippen LogP contribution in [0.15, 0.2) is 24.3 Å². The molecule has 0 radical (unpaired) electrons. The van der Waals surface area contributed by atoms with E-state index in [1.54, 1.807) is 18.2 Å². The summed E-state index contributed by atoms with van der Waals surface area (Å²) < 4.78 is 79.0. The summed E-state index contributed by atoms with van der Waals surface area (Å²) in [5.74, 6) is 0. The number of benzene rings is 1. The molecular formula is C14H16BF7S. The summed E-state index contributed by atoms with van der Waals surface area (Å²) in [6.45, 7) is 3.91. The summed E-state index contributed by atoms with van der Waals surface area (Å²) in [6.07, 6.45) is 2.28. The molecular weight excluding hydrogens is 344 g/mol. The van der Waals surface area contributed by atoms with Crippen LogP contribution in [0, 0.1) is 6.92 Å². The average molecular weight is 360 g/mol. The van der Waals surface area contributed by atoms with E-state index in [1.807, 2.05) is 19.9 Å². The van der Waals surface area contributed by atoms with Crippen molar-refractivity contribution in [3.05, 3.63) is 34.7 Å². The van der Waals surface area contributed by atoms with Gasteiger partial charge in [0.25, 0.3) is 0 Å². The molecule has 0 saturated heterocycles. The van der Waals surface area contributed by atoms with Gasteiger partial charge in [-0.1, -0.05) is 25.0 Å². The Kier molecular flexibility index (Phi) is 6.50. The van der Waals surface area contributed by atoms with E-state index in [2.05, 4.69) is 0 Å². The lowest BCUT2D eigenvalue weighted by Crippen LogP contribution is -2.02. The minimum Gasteiger partial charge on any atom is -0.418 e. The summed E-state index contributed by atoms with van der Waals surface area (Å²) in [7, 11) is -7.71. The molecule has 2 aromatic rings. The fraction of sp³-hybridized carbons (Fsp3) is 0.429. The molecule has 0 aliphatic carbocycles. The van der Waals surface area contributed by atoms with E-state index in [0.717, 1.165) is 23.8 Å². The molecule has 9 heteroatoms. The lowest BCUT2D eigenvalue weighted by atomic mass is 10.1. The molecule has 23 heavy (non-hydrogen) atoms. The van der Waals surface area contributed by atoms with E-state index in [1.165, 1.54) is 0 Å². The van der Waals surface area contributed by atoms with Crippen LogP contribution >= 0.6 is 10.5 Å². The second kappa shape index (κ2) is 7.55. The minimum atomic E-state index is -6.00. The van der Waals surface area contributed by atoms with Crippen LogP contribution in [0.3, 0.4) is 0 Å². The van der Waals surface area contributed by atoms with Gasteiger partial charge in [0, 0.05) is 17.9 Å². The van der Waals surface area contributed by atoms with Crippen molar-refractivity contribution in [1.29, 1.82) is 0 Å². The number of aryl methyl sites for hydroxylation is 2. The van der Waals surface area contributed by atoms with Crippen LogP contribution in [-0.2, 0) is 11.9 Å². The first-order chi connectivity index (χ1) is 10.4. The van der Waals surface area contributed by atoms with Gasteiger partial charge in [-0.2, -0.15) is 0 Å². The zero-order valence-electron chi connectivity index (χ0n) is 12.6. The van der Waals surface area contributed by atoms with Crippen LogP contribution in [0.4, 0.5) is 30.4 Å². The van der Waals surface area contributed by atoms with Gasteiger partial charge >= 0.3 is 12.8 Å². The van der Waals surface area contributed by atoms with Crippen molar-refractivity contribution in [2.24, 2.45) is 0 Å². The number of halogens is 7. The predicted molar refractivity (Wildman–Crippen MR) is 81.3 cm³/mol. The predicted octanol–water partition coefficient (Wildman–Crippen LogP) is 7.02. The lowest BCUT2D eigenvalue weighted by molar-refractivity contribution is -0.0867. The Morgan fingerprint density at radius 3 is 2.09 bits per heavy atom. The molecule has 130 valence electrons. The maximum Gasteiger partial charge on any atom is 0.673 e. The third kappa shape index (κ3) is 6.41. The Morgan fingerprint density at radius 1 is 1.04 bits per heavy atom. The zero-order valence-corrected chi connectivity index (χ0v) is 13.4. The quantitative estimate of drug-likeness (QED) is 0.314.